The summed E-state index contributed by atoms with van der Waals surface area (Å²) in [5.74, 6) is 0. The Balaban J connectivity index is 1.42. The van der Waals surface area contributed by atoms with Crippen LogP contribution in [0.4, 0.5) is 36.8 Å². The van der Waals surface area contributed by atoms with Gasteiger partial charge in [0.05, 0.1) is 13.2 Å². The first-order valence-electron chi connectivity index (χ1n) is 12.9. The Labute approximate surface area is 218 Å². The summed E-state index contributed by atoms with van der Waals surface area (Å²) in [6, 6.07) is 6.44. The van der Waals surface area contributed by atoms with Crippen molar-refractivity contribution in [2.24, 2.45) is 5.41 Å². The van der Waals surface area contributed by atoms with E-state index in [9.17, 15) is 31.1 Å². The van der Waals surface area contributed by atoms with Gasteiger partial charge in [0.25, 0.3) is 6.10 Å². The molecule has 1 spiro atoms. The molecule has 1 aromatic carbocycles. The Bertz CT molecular complexity index is 985. The zero-order chi connectivity index (χ0) is 27.9. The highest BCUT2D eigenvalue weighted by Gasteiger charge is 2.60. The third kappa shape index (κ3) is 6.32. The number of aryl methyl sites for hydroxylation is 1. The van der Waals surface area contributed by atoms with Crippen LogP contribution in [0, 0.1) is 12.3 Å². The number of likely N-dealkylation sites (tertiary alicyclic amines) is 2. The lowest BCUT2D eigenvalue weighted by Crippen LogP contribution is -2.50. The second kappa shape index (κ2) is 10.4. The Hall–Kier alpha value is -2.21. The fraction of sp³-hybridized carbons (Fsp3) is 0.731. The Kier molecular flexibility index (Phi) is 7.88. The van der Waals surface area contributed by atoms with Crippen LogP contribution in [0.5, 0.6) is 0 Å². The maximum absolute atomic E-state index is 12.8. The average molecular weight is 552 g/mol. The third-order valence-corrected chi connectivity index (χ3v) is 8.04. The van der Waals surface area contributed by atoms with Crippen molar-refractivity contribution in [3.05, 3.63) is 29.3 Å². The maximum Gasteiger partial charge on any atom is 0.434 e. The van der Waals surface area contributed by atoms with Crippen LogP contribution in [-0.2, 0) is 16.0 Å². The molecule has 0 bridgehead atoms. The van der Waals surface area contributed by atoms with Crippen molar-refractivity contribution in [1.82, 2.24) is 9.80 Å². The van der Waals surface area contributed by atoms with Crippen LogP contribution in [0.3, 0.4) is 0 Å². The molecule has 214 valence electrons. The molecule has 0 saturated carbocycles. The van der Waals surface area contributed by atoms with Crippen LogP contribution >= 0.6 is 0 Å². The van der Waals surface area contributed by atoms with Gasteiger partial charge in [0.2, 0.25) is 0 Å². The lowest BCUT2D eigenvalue weighted by molar-refractivity contribution is -0.308. The second-order valence-corrected chi connectivity index (χ2v) is 11.4. The van der Waals surface area contributed by atoms with Gasteiger partial charge in [-0.15, -0.1) is 0 Å². The van der Waals surface area contributed by atoms with Crippen molar-refractivity contribution < 1.29 is 40.6 Å². The molecule has 0 radical (unpaired) electrons. The number of carbonyl (C=O) groups excluding carboxylic acids is 1. The summed E-state index contributed by atoms with van der Waals surface area (Å²) in [6.07, 6.45) is -15.4. The maximum atomic E-state index is 12.8. The van der Waals surface area contributed by atoms with Crippen molar-refractivity contribution in [1.29, 1.82) is 0 Å². The van der Waals surface area contributed by atoms with E-state index in [1.54, 1.807) is 0 Å². The molecule has 0 aromatic heterocycles. The molecule has 3 aliphatic heterocycles. The van der Waals surface area contributed by atoms with E-state index in [1.807, 2.05) is 0 Å². The molecule has 0 unspecified atom stereocenters. The van der Waals surface area contributed by atoms with Crippen molar-refractivity contribution in [2.75, 3.05) is 50.8 Å². The van der Waals surface area contributed by atoms with Crippen molar-refractivity contribution >= 4 is 11.8 Å². The van der Waals surface area contributed by atoms with Crippen molar-refractivity contribution in [3.8, 4) is 0 Å². The van der Waals surface area contributed by atoms with Gasteiger partial charge >= 0.3 is 18.4 Å². The third-order valence-electron chi connectivity index (χ3n) is 8.04. The summed E-state index contributed by atoms with van der Waals surface area (Å²) in [6.45, 7) is 10.9. The molecule has 0 N–H and O–H groups in total. The number of nitrogens with zero attached hydrogens (tertiary/aromatic N) is 3. The highest BCUT2D eigenvalue weighted by molar-refractivity contribution is 5.68. The highest BCUT2D eigenvalue weighted by atomic mass is 19.4. The molecule has 3 heterocycles. The molecule has 1 amide bonds. The van der Waals surface area contributed by atoms with E-state index in [1.165, 1.54) is 16.8 Å². The number of hydrogen-bond acceptors (Lipinski definition) is 5. The van der Waals surface area contributed by atoms with E-state index in [2.05, 4.69) is 53.5 Å². The zero-order valence-electron chi connectivity index (χ0n) is 21.9. The quantitative estimate of drug-likeness (QED) is 0.461. The van der Waals surface area contributed by atoms with Gasteiger partial charge in [-0.1, -0.05) is 12.1 Å². The molecule has 6 nitrogen and oxygen atoms in total. The van der Waals surface area contributed by atoms with Crippen molar-refractivity contribution in [2.45, 2.75) is 70.6 Å². The summed E-state index contributed by atoms with van der Waals surface area (Å²) in [5.41, 5.74) is 3.20. The van der Waals surface area contributed by atoms with Crippen molar-refractivity contribution in [3.63, 3.8) is 0 Å². The van der Waals surface area contributed by atoms with Crippen LogP contribution in [0.2, 0.25) is 0 Å². The number of benzene rings is 1. The summed E-state index contributed by atoms with van der Waals surface area (Å²) in [4.78, 5) is 17.9. The monoisotopic (exact) mass is 551 g/mol. The zero-order valence-corrected chi connectivity index (χ0v) is 21.9. The van der Waals surface area contributed by atoms with Gasteiger partial charge in [-0.05, 0) is 62.6 Å². The minimum Gasteiger partial charge on any atom is -0.426 e. The molecule has 3 fully saturated rings. The van der Waals surface area contributed by atoms with Gasteiger partial charge < -0.3 is 19.3 Å². The van der Waals surface area contributed by atoms with Crippen LogP contribution in [0.25, 0.3) is 0 Å². The second-order valence-electron chi connectivity index (χ2n) is 11.4. The number of amides is 1. The SMILES string of the molecule is Cc1ccc(CN2CC3(CCN(C(=O)OC(C(F)(F)F)C(F)(F)F)CC3)CC2(C)C)c(N2CCOCC2)c1. The summed E-state index contributed by atoms with van der Waals surface area (Å²) < 4.78 is 86.4. The largest absolute Gasteiger partial charge is 0.434 e. The molecular formula is C26H35F6N3O3. The first-order chi connectivity index (χ1) is 17.6. The van der Waals surface area contributed by atoms with Gasteiger partial charge in [-0.3, -0.25) is 4.90 Å². The predicted molar refractivity (Wildman–Crippen MR) is 129 cm³/mol. The van der Waals surface area contributed by atoms with Crippen LogP contribution in [0.15, 0.2) is 18.2 Å². The number of piperidine rings is 1. The number of morpholine rings is 1. The van der Waals surface area contributed by atoms with Gasteiger partial charge in [0.1, 0.15) is 0 Å². The molecule has 38 heavy (non-hydrogen) atoms. The number of halogens is 6. The highest BCUT2D eigenvalue weighted by Crippen LogP contribution is 2.49. The molecule has 1 aromatic rings. The number of alkyl halides is 6. The fourth-order valence-electron chi connectivity index (χ4n) is 6.08. The van der Waals surface area contributed by atoms with Crippen LogP contribution in [0.1, 0.15) is 44.2 Å². The molecule has 0 atom stereocenters. The topological polar surface area (TPSA) is 45.2 Å². The number of hydrogen-bond donors (Lipinski definition) is 0. The van der Waals surface area contributed by atoms with Gasteiger partial charge in [-0.25, -0.2) is 4.79 Å². The van der Waals surface area contributed by atoms with Gasteiger partial charge in [-0.2, -0.15) is 26.3 Å². The lowest BCUT2D eigenvalue weighted by Gasteiger charge is -2.39. The number of rotatable bonds is 4. The lowest BCUT2D eigenvalue weighted by atomic mass is 9.74. The molecule has 12 heteroatoms. The average Bonchev–Trinajstić information content (AvgIpc) is 3.06. The normalized spacial score (nSPS) is 22.4. The number of ether oxygens (including phenoxy) is 2. The molecular weight excluding hydrogens is 516 g/mol. The molecule has 0 aliphatic carbocycles. The standard InChI is InChI=1S/C26H35F6N3O3/c1-18-4-5-19(20(14-18)33-10-12-37-13-11-33)15-35-17-24(16-23(35,2)3)6-8-34(9-7-24)22(36)38-21(25(27,28)29)26(30,31)32/h4-5,14,21H,6-13,15-17H2,1-3H3. The smallest absolute Gasteiger partial charge is 0.426 e. The summed E-state index contributed by atoms with van der Waals surface area (Å²) in [7, 11) is 0. The van der Waals surface area contributed by atoms with E-state index < -0.39 is 24.5 Å². The van der Waals surface area contributed by atoms with E-state index in [4.69, 9.17) is 4.74 Å². The van der Waals surface area contributed by atoms with Gasteiger partial charge in [0, 0.05) is 50.5 Å². The Morgan fingerprint density at radius 2 is 1.63 bits per heavy atom. The summed E-state index contributed by atoms with van der Waals surface area (Å²) >= 11 is 0. The Morgan fingerprint density at radius 3 is 2.21 bits per heavy atom. The van der Waals surface area contributed by atoms with E-state index in [-0.39, 0.29) is 24.0 Å². The number of anilines is 1. The minimum atomic E-state index is -5.73. The first kappa shape index (κ1) is 28.8. The fourth-order valence-corrected chi connectivity index (χ4v) is 6.08. The molecule has 4 rings (SSSR count). The predicted octanol–water partition coefficient (Wildman–Crippen LogP) is 5.53. The van der Waals surface area contributed by atoms with E-state index in [0.29, 0.717) is 32.6 Å². The first-order valence-corrected chi connectivity index (χ1v) is 12.9. The summed E-state index contributed by atoms with van der Waals surface area (Å²) in [5, 5.41) is 0. The molecule has 3 saturated heterocycles. The minimum absolute atomic E-state index is 0.0503. The molecule has 3 aliphatic rings. The van der Waals surface area contributed by atoms with Crippen LogP contribution < -0.4 is 4.90 Å². The van der Waals surface area contributed by atoms with E-state index in [0.717, 1.165) is 31.0 Å². The number of carbonyl (C=O) groups is 1. The van der Waals surface area contributed by atoms with Gasteiger partial charge in [0.15, 0.2) is 0 Å². The Morgan fingerprint density at radius 1 is 1.03 bits per heavy atom. The van der Waals surface area contributed by atoms with Crippen LogP contribution in [-0.4, -0.2) is 85.8 Å². The van der Waals surface area contributed by atoms with E-state index >= 15 is 0 Å².